The number of rotatable bonds is 6. The van der Waals surface area contributed by atoms with E-state index in [-0.39, 0.29) is 35.3 Å². The fourth-order valence-corrected chi connectivity index (χ4v) is 3.42. The summed E-state index contributed by atoms with van der Waals surface area (Å²) in [4.78, 5) is 45.4. The van der Waals surface area contributed by atoms with E-state index in [4.69, 9.17) is 5.73 Å². The van der Waals surface area contributed by atoms with E-state index < -0.39 is 23.8 Å². The zero-order chi connectivity index (χ0) is 19.7. The minimum absolute atomic E-state index is 0.109. The number of nitrogens with two attached hydrogens (primary N) is 1. The highest BCUT2D eigenvalue weighted by Crippen LogP contribution is 2.29. The van der Waals surface area contributed by atoms with E-state index >= 15 is 0 Å². The second-order valence-electron chi connectivity index (χ2n) is 5.60. The molecule has 1 saturated heterocycles. The van der Waals surface area contributed by atoms with Gasteiger partial charge in [0.2, 0.25) is 0 Å². The molecule has 4 N–H and O–H groups in total. The van der Waals surface area contributed by atoms with Gasteiger partial charge in [0.25, 0.3) is 11.8 Å². The Hall–Kier alpha value is -3.25. The molecule has 27 heavy (non-hydrogen) atoms. The van der Waals surface area contributed by atoms with Crippen LogP contribution in [0.5, 0.6) is 0 Å². The number of hydrogen-bond acceptors (Lipinski definition) is 9. The molecule has 1 aromatic heterocycles. The Morgan fingerprint density at radius 1 is 1.59 bits per heavy atom. The lowest BCUT2D eigenvalue weighted by Gasteiger charge is -2.19. The quantitative estimate of drug-likeness (QED) is 0.419. The number of anilines is 1. The molecule has 0 unspecified atom stereocenters. The third kappa shape index (κ3) is 3.27. The maximum atomic E-state index is 12.7. The van der Waals surface area contributed by atoms with Gasteiger partial charge in [-0.25, -0.2) is 19.8 Å². The van der Waals surface area contributed by atoms with E-state index in [0.717, 1.165) is 16.3 Å². The Morgan fingerprint density at radius 2 is 2.33 bits per heavy atom. The Kier molecular flexibility index (Phi) is 4.92. The van der Waals surface area contributed by atoms with E-state index in [2.05, 4.69) is 26.9 Å². The first-order valence-corrected chi connectivity index (χ1v) is 8.56. The monoisotopic (exact) mass is 392 g/mol. The van der Waals surface area contributed by atoms with Gasteiger partial charge in [-0.05, 0) is 0 Å². The van der Waals surface area contributed by atoms with E-state index in [1.54, 1.807) is 0 Å². The SMILES string of the molecule is C=CC1=C(C(=O)O)N2C(=O)[C@@H](NC(=O)/C(=N/OC)c3csc(N)n3)CN2C1. The predicted octanol–water partition coefficient (Wildman–Crippen LogP) is -0.842. The lowest BCUT2D eigenvalue weighted by Crippen LogP contribution is -2.46. The van der Waals surface area contributed by atoms with Gasteiger partial charge in [0, 0.05) is 24.0 Å². The van der Waals surface area contributed by atoms with Gasteiger partial charge in [0.15, 0.2) is 16.5 Å². The van der Waals surface area contributed by atoms with Gasteiger partial charge in [-0.15, -0.1) is 11.3 Å². The molecular formula is C15H16N6O5S. The van der Waals surface area contributed by atoms with Gasteiger partial charge in [-0.3, -0.25) is 9.59 Å². The highest BCUT2D eigenvalue weighted by atomic mass is 32.1. The van der Waals surface area contributed by atoms with Gasteiger partial charge in [0.1, 0.15) is 18.8 Å². The average Bonchev–Trinajstić information content (AvgIpc) is 3.28. The number of carboxylic acids is 1. The van der Waals surface area contributed by atoms with Gasteiger partial charge >= 0.3 is 5.97 Å². The van der Waals surface area contributed by atoms with Crippen LogP contribution in [-0.2, 0) is 19.2 Å². The molecule has 2 amide bonds. The van der Waals surface area contributed by atoms with Gasteiger partial charge < -0.3 is 21.0 Å². The van der Waals surface area contributed by atoms with E-state index in [1.165, 1.54) is 23.6 Å². The van der Waals surface area contributed by atoms with E-state index in [0.29, 0.717) is 5.57 Å². The van der Waals surface area contributed by atoms with Crippen LogP contribution in [0.3, 0.4) is 0 Å². The van der Waals surface area contributed by atoms with Crippen molar-refractivity contribution in [3.05, 3.63) is 35.0 Å². The zero-order valence-electron chi connectivity index (χ0n) is 14.2. The summed E-state index contributed by atoms with van der Waals surface area (Å²) in [7, 11) is 1.27. The van der Waals surface area contributed by atoms with Crippen LogP contribution in [0.25, 0.3) is 0 Å². The summed E-state index contributed by atoms with van der Waals surface area (Å²) >= 11 is 1.13. The van der Waals surface area contributed by atoms with Crippen LogP contribution in [0, 0.1) is 0 Å². The molecule has 2 aliphatic rings. The number of hydrazine groups is 1. The molecule has 0 radical (unpaired) electrons. The molecule has 1 aromatic rings. The molecule has 3 heterocycles. The molecular weight excluding hydrogens is 376 g/mol. The molecule has 0 aromatic carbocycles. The number of nitrogens with zero attached hydrogens (tertiary/aromatic N) is 4. The van der Waals surface area contributed by atoms with Gasteiger partial charge in [0.05, 0.1) is 0 Å². The first kappa shape index (κ1) is 18.5. The number of aliphatic carboxylic acids is 1. The van der Waals surface area contributed by atoms with Crippen LogP contribution >= 0.6 is 11.3 Å². The van der Waals surface area contributed by atoms with E-state index in [1.807, 2.05) is 0 Å². The molecule has 0 bridgehead atoms. The number of aromatic nitrogens is 1. The standard InChI is InChI=1S/C15H16N6O5S/c1-3-7-4-20-5-8(13(23)21(20)11(7)14(24)25)17-12(22)10(19-26-2)9-6-27-15(16)18-9/h3,6,8H,1,4-5H2,2H3,(H2,16,18)(H,17,22)(H,24,25)/b19-10+/t8-/m0/s1. The van der Waals surface area contributed by atoms with Crippen molar-refractivity contribution >= 4 is 40.0 Å². The van der Waals surface area contributed by atoms with Crippen LogP contribution in [-0.4, -0.2) is 69.8 Å². The van der Waals surface area contributed by atoms with Crippen LogP contribution in [0.1, 0.15) is 5.69 Å². The second-order valence-corrected chi connectivity index (χ2v) is 6.49. The Bertz CT molecular complexity index is 891. The Labute approximate surface area is 157 Å². The first-order chi connectivity index (χ1) is 12.9. The fraction of sp³-hybridized carbons (Fsp3) is 0.267. The van der Waals surface area contributed by atoms with Crippen LogP contribution in [0.4, 0.5) is 5.13 Å². The summed E-state index contributed by atoms with van der Waals surface area (Å²) in [6, 6.07) is -0.948. The molecule has 142 valence electrons. The summed E-state index contributed by atoms with van der Waals surface area (Å²) in [6.07, 6.45) is 1.40. The first-order valence-electron chi connectivity index (χ1n) is 7.68. The molecule has 3 rings (SSSR count). The third-order valence-electron chi connectivity index (χ3n) is 3.97. The summed E-state index contributed by atoms with van der Waals surface area (Å²) in [5.74, 6) is -2.49. The summed E-state index contributed by atoms with van der Waals surface area (Å²) < 4.78 is 0. The number of carbonyl (C=O) groups is 3. The number of carbonyl (C=O) groups excluding carboxylic acids is 2. The largest absolute Gasteiger partial charge is 0.477 e. The molecule has 0 spiro atoms. The van der Waals surface area contributed by atoms with E-state index in [9.17, 15) is 19.5 Å². The number of amides is 2. The third-order valence-corrected chi connectivity index (χ3v) is 4.64. The predicted molar refractivity (Wildman–Crippen MR) is 95.3 cm³/mol. The lowest BCUT2D eigenvalue weighted by molar-refractivity contribution is -0.143. The van der Waals surface area contributed by atoms with Gasteiger partial charge in [-0.2, -0.15) is 0 Å². The number of hydrogen-bond donors (Lipinski definition) is 3. The summed E-state index contributed by atoms with van der Waals surface area (Å²) in [5, 5.41) is 20.0. The van der Waals surface area contributed by atoms with Crippen LogP contribution in [0.2, 0.25) is 0 Å². The molecule has 1 fully saturated rings. The summed E-state index contributed by atoms with van der Waals surface area (Å²) in [6.45, 7) is 3.90. The molecule has 1 atom stereocenters. The topological polar surface area (TPSA) is 150 Å². The van der Waals surface area contributed by atoms with Crippen molar-refractivity contribution in [3.8, 4) is 0 Å². The maximum absolute atomic E-state index is 12.7. The molecule has 11 nitrogen and oxygen atoms in total. The van der Waals surface area contributed by atoms with Crippen LogP contribution < -0.4 is 11.1 Å². The number of fused-ring (bicyclic) bond motifs is 1. The minimum Gasteiger partial charge on any atom is -0.477 e. The molecule has 0 saturated carbocycles. The number of carboxylic acid groups (broad SMARTS) is 1. The van der Waals surface area contributed by atoms with Crippen LogP contribution in [0.15, 0.2) is 34.5 Å². The van der Waals surface area contributed by atoms with Crippen molar-refractivity contribution in [3.63, 3.8) is 0 Å². The lowest BCUT2D eigenvalue weighted by atomic mass is 10.1. The smallest absolute Gasteiger partial charge is 0.354 e. The number of nitrogens with one attached hydrogen (secondary N) is 1. The molecule has 0 aliphatic carbocycles. The fourth-order valence-electron chi connectivity index (χ4n) is 2.87. The Morgan fingerprint density at radius 3 is 2.89 bits per heavy atom. The zero-order valence-corrected chi connectivity index (χ0v) is 15.0. The van der Waals surface area contributed by atoms with Crippen molar-refractivity contribution in [1.29, 1.82) is 0 Å². The average molecular weight is 392 g/mol. The second kappa shape index (κ2) is 7.17. The summed E-state index contributed by atoms with van der Waals surface area (Å²) in [5.41, 5.74) is 5.92. The van der Waals surface area contributed by atoms with Crippen molar-refractivity contribution in [2.75, 3.05) is 25.9 Å². The number of oxime groups is 1. The Balaban J connectivity index is 1.79. The highest BCUT2D eigenvalue weighted by molar-refractivity contribution is 7.13. The van der Waals surface area contributed by atoms with Crippen molar-refractivity contribution in [2.45, 2.75) is 6.04 Å². The maximum Gasteiger partial charge on any atom is 0.354 e. The molecule has 12 heteroatoms. The van der Waals surface area contributed by atoms with Crippen molar-refractivity contribution in [1.82, 2.24) is 20.3 Å². The normalized spacial score (nSPS) is 20.0. The number of nitrogen functional groups attached to an aromatic ring is 1. The molecule has 2 aliphatic heterocycles. The van der Waals surface area contributed by atoms with Crippen molar-refractivity contribution in [2.24, 2.45) is 5.16 Å². The van der Waals surface area contributed by atoms with Crippen molar-refractivity contribution < 1.29 is 24.3 Å². The highest BCUT2D eigenvalue weighted by Gasteiger charge is 2.47. The van der Waals surface area contributed by atoms with Gasteiger partial charge in [-0.1, -0.05) is 17.8 Å². The number of thiazole rings is 1. The minimum atomic E-state index is -1.24.